The van der Waals surface area contributed by atoms with Gasteiger partial charge in [0.25, 0.3) is 0 Å². The van der Waals surface area contributed by atoms with Crippen molar-refractivity contribution in [1.82, 2.24) is 0 Å². The minimum absolute atomic E-state index is 0.154. The second-order valence-electron chi connectivity index (χ2n) is 5.83. The number of benzene rings is 3. The standard InChI is InChI=1S/C20H20O4S/c1-4-23-19-12-15(3)20(13-14(19)2)25(21,22)24-18-11-7-9-16-8-5-6-10-17(16)18/h5-13H,4H2,1-3H3. The van der Waals surface area contributed by atoms with Gasteiger partial charge in [-0.15, -0.1) is 0 Å². The smallest absolute Gasteiger partial charge is 0.339 e. The third kappa shape index (κ3) is 3.46. The summed E-state index contributed by atoms with van der Waals surface area (Å²) in [5.41, 5.74) is 1.35. The fourth-order valence-corrected chi connectivity index (χ4v) is 4.02. The normalized spacial score (nSPS) is 11.5. The zero-order valence-electron chi connectivity index (χ0n) is 14.4. The number of ether oxygens (including phenoxy) is 1. The quantitative estimate of drug-likeness (QED) is 0.626. The van der Waals surface area contributed by atoms with Crippen LogP contribution in [0.3, 0.4) is 0 Å². The van der Waals surface area contributed by atoms with Crippen LogP contribution < -0.4 is 8.92 Å². The van der Waals surface area contributed by atoms with Crippen LogP contribution in [-0.2, 0) is 10.1 Å². The summed E-state index contributed by atoms with van der Waals surface area (Å²) >= 11 is 0. The molecule has 25 heavy (non-hydrogen) atoms. The van der Waals surface area contributed by atoms with Gasteiger partial charge >= 0.3 is 10.1 Å². The van der Waals surface area contributed by atoms with Gasteiger partial charge in [0.2, 0.25) is 0 Å². The maximum absolute atomic E-state index is 12.8. The van der Waals surface area contributed by atoms with Gasteiger partial charge in [0.05, 0.1) is 6.61 Å². The molecule has 130 valence electrons. The molecule has 3 aromatic carbocycles. The molecule has 3 aromatic rings. The van der Waals surface area contributed by atoms with Crippen LogP contribution in [0.5, 0.6) is 11.5 Å². The molecule has 0 unspecified atom stereocenters. The Balaban J connectivity index is 2.04. The van der Waals surface area contributed by atoms with Gasteiger partial charge in [-0.3, -0.25) is 0 Å². The zero-order chi connectivity index (χ0) is 18.0. The Bertz CT molecular complexity index is 1020. The van der Waals surface area contributed by atoms with Gasteiger partial charge in [-0.1, -0.05) is 36.4 Å². The first-order valence-electron chi connectivity index (χ1n) is 8.08. The van der Waals surface area contributed by atoms with Crippen molar-refractivity contribution in [2.45, 2.75) is 25.7 Å². The van der Waals surface area contributed by atoms with Gasteiger partial charge in [-0.05, 0) is 55.5 Å². The van der Waals surface area contributed by atoms with Crippen LogP contribution in [0.2, 0.25) is 0 Å². The first-order valence-corrected chi connectivity index (χ1v) is 9.49. The SMILES string of the molecule is CCOc1cc(C)c(S(=O)(=O)Oc2cccc3ccccc23)cc1C. The summed E-state index contributed by atoms with van der Waals surface area (Å²) in [5.74, 6) is 1.01. The molecule has 0 aliphatic rings. The highest BCUT2D eigenvalue weighted by Crippen LogP contribution is 2.31. The molecule has 0 aromatic heterocycles. The summed E-state index contributed by atoms with van der Waals surface area (Å²) in [5, 5.41) is 1.68. The third-order valence-electron chi connectivity index (χ3n) is 3.99. The number of aryl methyl sites for hydroxylation is 2. The summed E-state index contributed by atoms with van der Waals surface area (Å²) in [6.45, 7) is 5.98. The lowest BCUT2D eigenvalue weighted by Crippen LogP contribution is -2.12. The molecule has 0 bridgehead atoms. The van der Waals surface area contributed by atoms with E-state index in [1.165, 1.54) is 0 Å². The van der Waals surface area contributed by atoms with Gasteiger partial charge in [-0.2, -0.15) is 8.42 Å². The lowest BCUT2D eigenvalue weighted by atomic mass is 10.1. The third-order valence-corrected chi connectivity index (χ3v) is 5.37. The molecular formula is C20H20O4S. The molecule has 0 aliphatic carbocycles. The summed E-state index contributed by atoms with van der Waals surface area (Å²) in [7, 11) is -3.95. The maximum atomic E-state index is 12.8. The molecule has 0 saturated carbocycles. The highest BCUT2D eigenvalue weighted by Gasteiger charge is 2.22. The monoisotopic (exact) mass is 356 g/mol. The van der Waals surface area contributed by atoms with E-state index in [1.807, 2.05) is 44.2 Å². The molecular weight excluding hydrogens is 336 g/mol. The fourth-order valence-electron chi connectivity index (χ4n) is 2.77. The number of fused-ring (bicyclic) bond motifs is 1. The van der Waals surface area contributed by atoms with Crippen LogP contribution in [0.1, 0.15) is 18.1 Å². The molecule has 0 saturated heterocycles. The first-order chi connectivity index (χ1) is 11.9. The molecule has 0 fully saturated rings. The van der Waals surface area contributed by atoms with E-state index in [0.717, 1.165) is 16.3 Å². The molecule has 0 N–H and O–H groups in total. The van der Waals surface area contributed by atoms with E-state index in [4.69, 9.17) is 8.92 Å². The Labute approximate surface area is 148 Å². The van der Waals surface area contributed by atoms with Gasteiger partial charge < -0.3 is 8.92 Å². The average molecular weight is 356 g/mol. The number of hydrogen-bond donors (Lipinski definition) is 0. The Morgan fingerprint density at radius 3 is 2.36 bits per heavy atom. The Morgan fingerprint density at radius 2 is 1.60 bits per heavy atom. The molecule has 4 nitrogen and oxygen atoms in total. The van der Waals surface area contributed by atoms with E-state index in [-0.39, 0.29) is 4.90 Å². The molecule has 0 radical (unpaired) electrons. The largest absolute Gasteiger partial charge is 0.494 e. The highest BCUT2D eigenvalue weighted by atomic mass is 32.2. The summed E-state index contributed by atoms with van der Waals surface area (Å²) in [6.07, 6.45) is 0. The second-order valence-corrected chi connectivity index (χ2v) is 7.35. The van der Waals surface area contributed by atoms with E-state index >= 15 is 0 Å². The van der Waals surface area contributed by atoms with Gasteiger partial charge in [0, 0.05) is 5.39 Å². The van der Waals surface area contributed by atoms with Crippen molar-refractivity contribution in [2.24, 2.45) is 0 Å². The summed E-state index contributed by atoms with van der Waals surface area (Å²) in [4.78, 5) is 0.154. The molecule has 0 aliphatic heterocycles. The Morgan fingerprint density at radius 1 is 0.880 bits per heavy atom. The van der Waals surface area contributed by atoms with Crippen molar-refractivity contribution >= 4 is 20.9 Å². The average Bonchev–Trinajstić information content (AvgIpc) is 2.58. The van der Waals surface area contributed by atoms with E-state index < -0.39 is 10.1 Å². The first kappa shape index (κ1) is 17.3. The van der Waals surface area contributed by atoms with Gasteiger partial charge in [0.15, 0.2) is 5.75 Å². The van der Waals surface area contributed by atoms with Crippen molar-refractivity contribution in [1.29, 1.82) is 0 Å². The van der Waals surface area contributed by atoms with Crippen LogP contribution >= 0.6 is 0 Å². The zero-order valence-corrected chi connectivity index (χ0v) is 15.3. The second kappa shape index (κ2) is 6.76. The molecule has 5 heteroatoms. The highest BCUT2D eigenvalue weighted by molar-refractivity contribution is 7.87. The topological polar surface area (TPSA) is 52.6 Å². The van der Waals surface area contributed by atoms with E-state index in [2.05, 4.69) is 0 Å². The minimum Gasteiger partial charge on any atom is -0.494 e. The van der Waals surface area contributed by atoms with Crippen LogP contribution in [0, 0.1) is 13.8 Å². The lowest BCUT2D eigenvalue weighted by molar-refractivity contribution is 0.337. The summed E-state index contributed by atoms with van der Waals surface area (Å²) < 4.78 is 36.6. The molecule has 0 spiro atoms. The van der Waals surface area contributed by atoms with Gasteiger partial charge in [0.1, 0.15) is 10.6 Å². The minimum atomic E-state index is -3.95. The van der Waals surface area contributed by atoms with Crippen molar-refractivity contribution in [3.05, 3.63) is 65.7 Å². The molecule has 0 heterocycles. The Kier molecular flexibility index (Phi) is 4.68. The predicted molar refractivity (Wildman–Crippen MR) is 98.8 cm³/mol. The lowest BCUT2D eigenvalue weighted by Gasteiger charge is -2.14. The molecule has 3 rings (SSSR count). The van der Waals surface area contributed by atoms with Crippen molar-refractivity contribution in [2.75, 3.05) is 6.61 Å². The number of rotatable bonds is 5. The van der Waals surface area contributed by atoms with Crippen molar-refractivity contribution < 1.29 is 17.3 Å². The van der Waals surface area contributed by atoms with Gasteiger partial charge in [-0.25, -0.2) is 0 Å². The maximum Gasteiger partial charge on any atom is 0.339 e. The van der Waals surface area contributed by atoms with Crippen LogP contribution in [0.4, 0.5) is 0 Å². The number of hydrogen-bond acceptors (Lipinski definition) is 4. The van der Waals surface area contributed by atoms with E-state index in [0.29, 0.717) is 23.7 Å². The summed E-state index contributed by atoms with van der Waals surface area (Å²) in [6, 6.07) is 16.2. The Hall–Kier alpha value is -2.53. The van der Waals surface area contributed by atoms with Crippen LogP contribution in [0.25, 0.3) is 10.8 Å². The van der Waals surface area contributed by atoms with E-state index in [9.17, 15) is 8.42 Å². The molecule has 0 atom stereocenters. The van der Waals surface area contributed by atoms with E-state index in [1.54, 1.807) is 31.2 Å². The van der Waals surface area contributed by atoms with Crippen molar-refractivity contribution in [3.63, 3.8) is 0 Å². The van der Waals surface area contributed by atoms with Crippen molar-refractivity contribution in [3.8, 4) is 11.5 Å². The predicted octanol–water partition coefficient (Wildman–Crippen LogP) is 4.62. The fraction of sp³-hybridized carbons (Fsp3) is 0.200. The van der Waals surface area contributed by atoms with Crippen LogP contribution in [0.15, 0.2) is 59.5 Å². The molecule has 0 amide bonds. The van der Waals surface area contributed by atoms with Crippen LogP contribution in [-0.4, -0.2) is 15.0 Å².